The van der Waals surface area contributed by atoms with Gasteiger partial charge in [0.05, 0.1) is 12.1 Å². The number of hydrogen-bond acceptors (Lipinski definition) is 3. The number of nitrogens with one attached hydrogen (secondary N) is 1. The van der Waals surface area contributed by atoms with E-state index >= 15 is 0 Å². The molecule has 0 aromatic heterocycles. The molecule has 2 unspecified atom stereocenters. The van der Waals surface area contributed by atoms with Gasteiger partial charge in [-0.25, -0.2) is 5.84 Å². The van der Waals surface area contributed by atoms with Gasteiger partial charge in [-0.15, -0.1) is 0 Å². The zero-order chi connectivity index (χ0) is 11.4. The van der Waals surface area contributed by atoms with Gasteiger partial charge >= 0.3 is 0 Å². The topological polar surface area (TPSA) is 59.6 Å². The molecule has 2 aliphatic rings. The molecular formula is C12H23N3O. The molecule has 0 aromatic carbocycles. The second kappa shape index (κ2) is 5.64. The van der Waals surface area contributed by atoms with Crippen LogP contribution in [-0.2, 0) is 4.74 Å². The van der Waals surface area contributed by atoms with Crippen molar-refractivity contribution in [2.75, 3.05) is 6.61 Å². The third kappa shape index (κ3) is 2.55. The average molecular weight is 225 g/mol. The maximum absolute atomic E-state index is 5.69. The van der Waals surface area contributed by atoms with E-state index in [2.05, 4.69) is 12.3 Å². The van der Waals surface area contributed by atoms with Crippen molar-refractivity contribution in [3.8, 4) is 0 Å². The van der Waals surface area contributed by atoms with Crippen molar-refractivity contribution in [1.29, 1.82) is 0 Å². The molecule has 1 heterocycles. The minimum Gasteiger partial charge on any atom is -0.377 e. The quantitative estimate of drug-likeness (QED) is 0.332. The fourth-order valence-electron chi connectivity index (χ4n) is 2.83. The van der Waals surface area contributed by atoms with Crippen LogP contribution in [0.25, 0.3) is 0 Å². The van der Waals surface area contributed by atoms with Gasteiger partial charge in [-0.2, -0.15) is 0 Å². The lowest BCUT2D eigenvalue weighted by molar-refractivity contribution is 0.0983. The first-order chi connectivity index (χ1) is 7.85. The zero-order valence-electron chi connectivity index (χ0n) is 10.1. The highest BCUT2D eigenvalue weighted by atomic mass is 16.5. The predicted octanol–water partition coefficient (Wildman–Crippen LogP) is 1.61. The Morgan fingerprint density at radius 1 is 1.38 bits per heavy atom. The lowest BCUT2D eigenvalue weighted by Gasteiger charge is -2.20. The van der Waals surface area contributed by atoms with E-state index in [0.717, 1.165) is 25.3 Å². The van der Waals surface area contributed by atoms with E-state index in [1.165, 1.54) is 25.7 Å². The van der Waals surface area contributed by atoms with Crippen LogP contribution in [0.1, 0.15) is 45.4 Å². The van der Waals surface area contributed by atoms with Crippen LogP contribution in [0, 0.1) is 5.92 Å². The highest BCUT2D eigenvalue weighted by molar-refractivity contribution is 5.85. The van der Waals surface area contributed by atoms with Crippen LogP contribution in [0.15, 0.2) is 4.99 Å². The number of hydrogen-bond donors (Lipinski definition) is 2. The van der Waals surface area contributed by atoms with Gasteiger partial charge in [-0.3, -0.25) is 4.99 Å². The van der Waals surface area contributed by atoms with E-state index in [1.54, 1.807) is 0 Å². The average Bonchev–Trinajstić information content (AvgIpc) is 2.96. The van der Waals surface area contributed by atoms with Crippen LogP contribution in [-0.4, -0.2) is 24.6 Å². The Morgan fingerprint density at radius 3 is 2.75 bits per heavy atom. The summed E-state index contributed by atoms with van der Waals surface area (Å²) in [5, 5.41) is 0. The molecule has 2 fully saturated rings. The molecule has 1 aliphatic heterocycles. The molecule has 4 nitrogen and oxygen atoms in total. The van der Waals surface area contributed by atoms with Gasteiger partial charge in [0.15, 0.2) is 0 Å². The molecule has 1 saturated heterocycles. The monoisotopic (exact) mass is 225 g/mol. The normalized spacial score (nSPS) is 32.2. The zero-order valence-corrected chi connectivity index (χ0v) is 10.1. The molecule has 0 aromatic rings. The Morgan fingerprint density at radius 2 is 2.12 bits per heavy atom. The number of ether oxygens (including phenoxy) is 1. The third-order valence-corrected chi connectivity index (χ3v) is 3.76. The first-order valence-electron chi connectivity index (χ1n) is 6.51. The Hall–Kier alpha value is -0.610. The maximum Gasteiger partial charge on any atom is 0.116 e. The fraction of sp³-hybridized carbons (Fsp3) is 0.917. The van der Waals surface area contributed by atoms with E-state index < -0.39 is 0 Å². The second-order valence-corrected chi connectivity index (χ2v) is 4.81. The summed E-state index contributed by atoms with van der Waals surface area (Å²) in [7, 11) is 0. The maximum atomic E-state index is 5.69. The van der Waals surface area contributed by atoms with E-state index in [1.807, 2.05) is 0 Å². The van der Waals surface area contributed by atoms with Gasteiger partial charge in [0.25, 0.3) is 0 Å². The highest BCUT2D eigenvalue weighted by Crippen LogP contribution is 2.26. The van der Waals surface area contributed by atoms with E-state index in [9.17, 15) is 0 Å². The van der Waals surface area contributed by atoms with Crippen LogP contribution < -0.4 is 11.3 Å². The van der Waals surface area contributed by atoms with Crippen LogP contribution in [0.5, 0.6) is 0 Å². The van der Waals surface area contributed by atoms with Gasteiger partial charge in [-0.1, -0.05) is 19.8 Å². The number of aliphatic imine (C=N–C) groups is 1. The van der Waals surface area contributed by atoms with Crippen molar-refractivity contribution < 1.29 is 4.74 Å². The Bertz CT molecular complexity index is 249. The van der Waals surface area contributed by atoms with Gasteiger partial charge in [-0.05, 0) is 25.7 Å². The summed E-state index contributed by atoms with van der Waals surface area (Å²) < 4.78 is 5.69. The smallest absolute Gasteiger partial charge is 0.116 e. The molecule has 0 radical (unpaired) electrons. The molecule has 2 rings (SSSR count). The first kappa shape index (κ1) is 11.9. The number of amidine groups is 1. The molecule has 1 saturated carbocycles. The van der Waals surface area contributed by atoms with Crippen LogP contribution in [0.2, 0.25) is 0 Å². The summed E-state index contributed by atoms with van der Waals surface area (Å²) in [6.45, 7) is 3.00. The predicted molar refractivity (Wildman–Crippen MR) is 65.2 cm³/mol. The summed E-state index contributed by atoms with van der Waals surface area (Å²) >= 11 is 0. The minimum absolute atomic E-state index is 0.302. The van der Waals surface area contributed by atoms with Crippen LogP contribution >= 0.6 is 0 Å². The molecule has 92 valence electrons. The Balaban J connectivity index is 2.02. The molecule has 0 amide bonds. The molecule has 0 bridgehead atoms. The Kier molecular flexibility index (Phi) is 4.18. The Labute approximate surface area is 97.6 Å². The van der Waals surface area contributed by atoms with Crippen LogP contribution in [0.3, 0.4) is 0 Å². The molecule has 0 spiro atoms. The largest absolute Gasteiger partial charge is 0.377 e. The number of nitrogens with zero attached hydrogens (tertiary/aromatic N) is 1. The molecule has 3 N–H and O–H groups in total. The van der Waals surface area contributed by atoms with Crippen molar-refractivity contribution in [1.82, 2.24) is 5.43 Å². The van der Waals surface area contributed by atoms with Crippen molar-refractivity contribution >= 4 is 5.84 Å². The molecule has 4 heteroatoms. The van der Waals surface area contributed by atoms with E-state index in [-0.39, 0.29) is 0 Å². The van der Waals surface area contributed by atoms with Crippen molar-refractivity contribution in [2.24, 2.45) is 16.8 Å². The molecule has 2 atom stereocenters. The molecular weight excluding hydrogens is 202 g/mol. The fourth-order valence-corrected chi connectivity index (χ4v) is 2.83. The number of nitrogens with two attached hydrogens (primary N) is 1. The second-order valence-electron chi connectivity index (χ2n) is 4.81. The van der Waals surface area contributed by atoms with E-state index in [0.29, 0.717) is 18.1 Å². The number of hydrazine groups is 1. The summed E-state index contributed by atoms with van der Waals surface area (Å²) in [6.07, 6.45) is 7.45. The number of rotatable bonds is 3. The van der Waals surface area contributed by atoms with Gasteiger partial charge in [0, 0.05) is 12.5 Å². The van der Waals surface area contributed by atoms with Gasteiger partial charge in [0.1, 0.15) is 5.84 Å². The first-order valence-corrected chi connectivity index (χ1v) is 6.51. The highest BCUT2D eigenvalue weighted by Gasteiger charge is 2.31. The summed E-state index contributed by atoms with van der Waals surface area (Å²) in [4.78, 5) is 4.77. The van der Waals surface area contributed by atoms with Gasteiger partial charge < -0.3 is 10.2 Å². The lowest BCUT2D eigenvalue weighted by atomic mass is 9.98. The van der Waals surface area contributed by atoms with Crippen molar-refractivity contribution in [3.05, 3.63) is 0 Å². The third-order valence-electron chi connectivity index (χ3n) is 3.76. The SMILES string of the molecule is CCC1OCCC1C(=NC1CCCC1)NN. The van der Waals surface area contributed by atoms with Crippen LogP contribution in [0.4, 0.5) is 0 Å². The van der Waals surface area contributed by atoms with Gasteiger partial charge in [0.2, 0.25) is 0 Å². The van der Waals surface area contributed by atoms with Crippen molar-refractivity contribution in [2.45, 2.75) is 57.6 Å². The molecule has 1 aliphatic carbocycles. The summed E-state index contributed by atoms with van der Waals surface area (Å²) in [5.74, 6) is 6.96. The lowest BCUT2D eigenvalue weighted by Crippen LogP contribution is -2.40. The summed E-state index contributed by atoms with van der Waals surface area (Å²) in [5.41, 5.74) is 2.81. The standard InChI is InChI=1S/C12H23N3O/c1-2-11-10(7-8-16-11)12(15-13)14-9-5-3-4-6-9/h9-11H,2-8,13H2,1H3,(H,14,15). The minimum atomic E-state index is 0.302. The van der Waals surface area contributed by atoms with E-state index in [4.69, 9.17) is 15.6 Å². The summed E-state index contributed by atoms with van der Waals surface area (Å²) in [6, 6.07) is 0.490. The molecule has 16 heavy (non-hydrogen) atoms. The van der Waals surface area contributed by atoms with Crippen molar-refractivity contribution in [3.63, 3.8) is 0 Å².